The molecule has 0 aromatic carbocycles. The number of rotatable bonds is 2. The molecule has 0 radical (unpaired) electrons. The lowest BCUT2D eigenvalue weighted by Gasteiger charge is -2.35. The SMILES string of the molecule is CC(C)(C)OC(=O)N1CCC(CC(=O)N2CCCC(O)C2)CC1. The first-order valence-electron chi connectivity index (χ1n) is 8.68. The van der Waals surface area contributed by atoms with E-state index in [4.69, 9.17) is 4.74 Å². The van der Waals surface area contributed by atoms with Gasteiger partial charge in [0.05, 0.1) is 6.10 Å². The van der Waals surface area contributed by atoms with Crippen LogP contribution in [0.1, 0.15) is 52.9 Å². The summed E-state index contributed by atoms with van der Waals surface area (Å²) in [7, 11) is 0. The van der Waals surface area contributed by atoms with Crippen LogP contribution in [0.5, 0.6) is 0 Å². The molecule has 1 unspecified atom stereocenters. The zero-order valence-corrected chi connectivity index (χ0v) is 14.6. The minimum atomic E-state index is -0.473. The van der Waals surface area contributed by atoms with Gasteiger partial charge in [-0.2, -0.15) is 0 Å². The van der Waals surface area contributed by atoms with Gasteiger partial charge in [-0.15, -0.1) is 0 Å². The molecule has 0 aromatic heterocycles. The molecule has 6 nitrogen and oxygen atoms in total. The zero-order chi connectivity index (χ0) is 17.0. The van der Waals surface area contributed by atoms with Gasteiger partial charge in [0, 0.05) is 32.6 Å². The van der Waals surface area contributed by atoms with Gasteiger partial charge in [-0.05, 0) is 52.4 Å². The van der Waals surface area contributed by atoms with E-state index in [0.717, 1.165) is 32.2 Å². The third-order valence-corrected chi connectivity index (χ3v) is 4.48. The van der Waals surface area contributed by atoms with Gasteiger partial charge in [-0.3, -0.25) is 4.79 Å². The average Bonchev–Trinajstić information content (AvgIpc) is 2.46. The van der Waals surface area contributed by atoms with Crippen LogP contribution in [0, 0.1) is 5.92 Å². The minimum absolute atomic E-state index is 0.138. The maximum atomic E-state index is 12.3. The summed E-state index contributed by atoms with van der Waals surface area (Å²) >= 11 is 0. The molecule has 0 aliphatic carbocycles. The molecule has 132 valence electrons. The van der Waals surface area contributed by atoms with E-state index < -0.39 is 5.60 Å². The Morgan fingerprint density at radius 1 is 1.09 bits per heavy atom. The molecular formula is C17H30N2O4. The Hall–Kier alpha value is -1.30. The number of ether oxygens (including phenoxy) is 1. The highest BCUT2D eigenvalue weighted by molar-refractivity contribution is 5.76. The second kappa shape index (κ2) is 7.51. The van der Waals surface area contributed by atoms with Crippen LogP contribution in [-0.2, 0) is 9.53 Å². The van der Waals surface area contributed by atoms with Crippen molar-refractivity contribution in [3.05, 3.63) is 0 Å². The van der Waals surface area contributed by atoms with Crippen molar-refractivity contribution in [2.24, 2.45) is 5.92 Å². The fourth-order valence-electron chi connectivity index (χ4n) is 3.20. The van der Waals surface area contributed by atoms with Crippen molar-refractivity contribution in [2.45, 2.75) is 64.6 Å². The van der Waals surface area contributed by atoms with Crippen molar-refractivity contribution in [3.63, 3.8) is 0 Å². The summed E-state index contributed by atoms with van der Waals surface area (Å²) in [6.07, 6.45) is 3.22. The summed E-state index contributed by atoms with van der Waals surface area (Å²) < 4.78 is 5.38. The first kappa shape index (κ1) is 18.0. The molecule has 2 aliphatic heterocycles. The molecule has 23 heavy (non-hydrogen) atoms. The predicted octanol–water partition coefficient (Wildman–Crippen LogP) is 2.01. The Balaban J connectivity index is 1.74. The van der Waals surface area contributed by atoms with E-state index in [-0.39, 0.29) is 18.1 Å². The normalized spacial score (nSPS) is 23.7. The topological polar surface area (TPSA) is 70.1 Å². The average molecular weight is 326 g/mol. The van der Waals surface area contributed by atoms with Gasteiger partial charge < -0.3 is 19.6 Å². The standard InChI is InChI=1S/C17H30N2O4/c1-17(2,3)23-16(22)18-9-6-13(7-10-18)11-15(21)19-8-4-5-14(20)12-19/h13-14,20H,4-12H2,1-3H3. The van der Waals surface area contributed by atoms with Crippen LogP contribution in [-0.4, -0.2) is 64.8 Å². The molecule has 2 amide bonds. The number of β-amino-alcohol motifs (C(OH)–C–C–N with tert-alkyl or cyclic N) is 1. The summed E-state index contributed by atoms with van der Waals surface area (Å²) in [6.45, 7) is 8.11. The number of hydrogen-bond acceptors (Lipinski definition) is 4. The number of carbonyl (C=O) groups excluding carboxylic acids is 2. The lowest BCUT2D eigenvalue weighted by Crippen LogP contribution is -2.45. The number of likely N-dealkylation sites (tertiary alicyclic amines) is 2. The Bertz CT molecular complexity index is 425. The molecule has 6 heteroatoms. The molecular weight excluding hydrogens is 296 g/mol. The number of nitrogens with zero attached hydrogens (tertiary/aromatic N) is 2. The van der Waals surface area contributed by atoms with Crippen LogP contribution in [0.15, 0.2) is 0 Å². The van der Waals surface area contributed by atoms with Gasteiger partial charge in [0.1, 0.15) is 5.60 Å². The highest BCUT2D eigenvalue weighted by Crippen LogP contribution is 2.24. The van der Waals surface area contributed by atoms with Crippen LogP contribution < -0.4 is 0 Å². The second-order valence-electron chi connectivity index (χ2n) is 7.75. The molecule has 0 aromatic rings. The molecule has 2 heterocycles. The molecule has 2 aliphatic rings. The van der Waals surface area contributed by atoms with Crippen molar-refractivity contribution < 1.29 is 19.4 Å². The highest BCUT2D eigenvalue weighted by Gasteiger charge is 2.29. The monoisotopic (exact) mass is 326 g/mol. The Kier molecular flexibility index (Phi) is 5.89. The highest BCUT2D eigenvalue weighted by atomic mass is 16.6. The van der Waals surface area contributed by atoms with Gasteiger partial charge >= 0.3 is 6.09 Å². The van der Waals surface area contributed by atoms with E-state index in [1.807, 2.05) is 20.8 Å². The molecule has 0 bridgehead atoms. The van der Waals surface area contributed by atoms with Crippen molar-refractivity contribution in [3.8, 4) is 0 Å². The van der Waals surface area contributed by atoms with Gasteiger partial charge in [-0.25, -0.2) is 4.79 Å². The number of aliphatic hydroxyl groups is 1. The first-order chi connectivity index (χ1) is 10.7. The van der Waals surface area contributed by atoms with Gasteiger partial charge in [0.15, 0.2) is 0 Å². The lowest BCUT2D eigenvalue weighted by atomic mass is 9.92. The zero-order valence-electron chi connectivity index (χ0n) is 14.6. The van der Waals surface area contributed by atoms with Gasteiger partial charge in [0.2, 0.25) is 5.91 Å². The summed E-state index contributed by atoms with van der Waals surface area (Å²) in [5.41, 5.74) is -0.473. The predicted molar refractivity (Wildman–Crippen MR) is 87.0 cm³/mol. The number of piperidine rings is 2. The first-order valence-corrected chi connectivity index (χ1v) is 8.68. The van der Waals surface area contributed by atoms with Crippen molar-refractivity contribution >= 4 is 12.0 Å². The van der Waals surface area contributed by atoms with Crippen LogP contribution in [0.3, 0.4) is 0 Å². The number of carbonyl (C=O) groups is 2. The Morgan fingerprint density at radius 2 is 1.74 bits per heavy atom. The van der Waals surface area contributed by atoms with Crippen molar-refractivity contribution in [2.75, 3.05) is 26.2 Å². The second-order valence-corrected chi connectivity index (χ2v) is 7.75. The third kappa shape index (κ3) is 5.68. The van der Waals surface area contributed by atoms with E-state index in [1.54, 1.807) is 9.80 Å². The summed E-state index contributed by atoms with van der Waals surface area (Å²) in [5.74, 6) is 0.458. The fourth-order valence-corrected chi connectivity index (χ4v) is 3.20. The van der Waals surface area contributed by atoms with E-state index in [2.05, 4.69) is 0 Å². The van der Waals surface area contributed by atoms with Gasteiger partial charge in [-0.1, -0.05) is 0 Å². The Labute approximate surface area is 138 Å². The van der Waals surface area contributed by atoms with Crippen LogP contribution in [0.2, 0.25) is 0 Å². The third-order valence-electron chi connectivity index (χ3n) is 4.48. The van der Waals surface area contributed by atoms with Crippen LogP contribution >= 0.6 is 0 Å². The number of amides is 2. The summed E-state index contributed by atoms with van der Waals surface area (Å²) in [4.78, 5) is 27.9. The number of hydrogen-bond donors (Lipinski definition) is 1. The van der Waals surface area contributed by atoms with Crippen molar-refractivity contribution in [1.29, 1.82) is 0 Å². The maximum Gasteiger partial charge on any atom is 0.410 e. The van der Waals surface area contributed by atoms with Crippen molar-refractivity contribution in [1.82, 2.24) is 9.80 Å². The Morgan fingerprint density at radius 3 is 2.30 bits per heavy atom. The van der Waals surface area contributed by atoms with Crippen LogP contribution in [0.25, 0.3) is 0 Å². The molecule has 2 saturated heterocycles. The maximum absolute atomic E-state index is 12.3. The smallest absolute Gasteiger partial charge is 0.410 e. The molecule has 0 saturated carbocycles. The van der Waals surface area contributed by atoms with E-state index in [1.165, 1.54) is 0 Å². The molecule has 1 atom stereocenters. The molecule has 2 fully saturated rings. The number of aliphatic hydroxyl groups excluding tert-OH is 1. The van der Waals surface area contributed by atoms with E-state index in [9.17, 15) is 14.7 Å². The largest absolute Gasteiger partial charge is 0.444 e. The minimum Gasteiger partial charge on any atom is -0.444 e. The molecule has 0 spiro atoms. The van der Waals surface area contributed by atoms with E-state index in [0.29, 0.717) is 32.0 Å². The van der Waals surface area contributed by atoms with Gasteiger partial charge in [0.25, 0.3) is 0 Å². The van der Waals surface area contributed by atoms with Crippen LogP contribution in [0.4, 0.5) is 4.79 Å². The quantitative estimate of drug-likeness (QED) is 0.843. The molecule has 2 rings (SSSR count). The fraction of sp³-hybridized carbons (Fsp3) is 0.882. The molecule has 1 N–H and O–H groups in total. The lowest BCUT2D eigenvalue weighted by molar-refractivity contribution is -0.135. The van der Waals surface area contributed by atoms with E-state index >= 15 is 0 Å². The summed E-state index contributed by atoms with van der Waals surface area (Å²) in [6, 6.07) is 0. The summed E-state index contributed by atoms with van der Waals surface area (Å²) in [5, 5.41) is 9.67.